The van der Waals surface area contributed by atoms with Crippen molar-refractivity contribution in [1.82, 2.24) is 9.97 Å². The molecule has 1 heterocycles. The van der Waals surface area contributed by atoms with Crippen LogP contribution in [0.5, 0.6) is 0 Å². The Morgan fingerprint density at radius 2 is 2.00 bits per heavy atom. The van der Waals surface area contributed by atoms with E-state index in [1.807, 2.05) is 24.5 Å². The second-order valence-corrected chi connectivity index (χ2v) is 7.15. The number of halogens is 1. The van der Waals surface area contributed by atoms with Crippen molar-refractivity contribution in [2.45, 2.75) is 43.9 Å². The van der Waals surface area contributed by atoms with E-state index in [0.717, 1.165) is 29.8 Å². The molecule has 0 aliphatic heterocycles. The Hall–Kier alpha value is -2.56. The minimum atomic E-state index is -0.967. The first-order valence-corrected chi connectivity index (χ1v) is 8.93. The van der Waals surface area contributed by atoms with Crippen LogP contribution in [0.15, 0.2) is 36.7 Å². The van der Waals surface area contributed by atoms with Crippen LogP contribution in [0.1, 0.15) is 54.1 Å². The maximum atomic E-state index is 14.1. The van der Waals surface area contributed by atoms with E-state index in [2.05, 4.69) is 9.97 Å². The Kier molecular flexibility index (Phi) is 4.10. The van der Waals surface area contributed by atoms with E-state index in [9.17, 15) is 9.18 Å². The minimum absolute atomic E-state index is 0.315. The molecular formula is C21H21FN2O2. The van der Waals surface area contributed by atoms with E-state index in [0.29, 0.717) is 29.9 Å². The third kappa shape index (κ3) is 2.71. The number of benzene rings is 1. The molecule has 1 fully saturated rings. The molecular weight excluding hydrogens is 331 g/mol. The summed E-state index contributed by atoms with van der Waals surface area (Å²) in [7, 11) is 1.37. The van der Waals surface area contributed by atoms with Gasteiger partial charge in [-0.15, -0.1) is 0 Å². The van der Waals surface area contributed by atoms with E-state index < -0.39 is 5.41 Å². The van der Waals surface area contributed by atoms with E-state index in [1.54, 1.807) is 13.0 Å². The summed E-state index contributed by atoms with van der Waals surface area (Å²) >= 11 is 0. The highest BCUT2D eigenvalue weighted by atomic mass is 19.1. The topological polar surface area (TPSA) is 52.1 Å². The van der Waals surface area contributed by atoms with Gasteiger partial charge in [-0.2, -0.15) is 0 Å². The summed E-state index contributed by atoms with van der Waals surface area (Å²) in [5.41, 5.74) is 2.09. The van der Waals surface area contributed by atoms with Crippen molar-refractivity contribution in [2.24, 2.45) is 0 Å². The number of carbonyl (C=O) groups excluding carboxylic acids is 1. The molecule has 2 aliphatic carbocycles. The van der Waals surface area contributed by atoms with Gasteiger partial charge in [-0.1, -0.05) is 18.2 Å². The SMILES string of the molecule is COC(=O)[C@]1(c2cccc(F)c2C)C=C(c2cnc(C3CC3)nc2)CC1. The van der Waals surface area contributed by atoms with Crippen LogP contribution in [0.4, 0.5) is 4.39 Å². The molecule has 0 amide bonds. The lowest BCUT2D eigenvalue weighted by Crippen LogP contribution is -2.34. The Bertz CT molecular complexity index is 887. The number of aromatic nitrogens is 2. The Morgan fingerprint density at radius 3 is 2.65 bits per heavy atom. The third-order valence-electron chi connectivity index (χ3n) is 5.49. The first-order chi connectivity index (χ1) is 12.5. The largest absolute Gasteiger partial charge is 0.468 e. The number of hydrogen-bond donors (Lipinski definition) is 0. The predicted octanol–water partition coefficient (Wildman–Crippen LogP) is 4.09. The van der Waals surface area contributed by atoms with Crippen LogP contribution < -0.4 is 0 Å². The average molecular weight is 352 g/mol. The number of ether oxygens (including phenoxy) is 1. The average Bonchev–Trinajstić information content (AvgIpc) is 3.42. The third-order valence-corrected chi connectivity index (χ3v) is 5.49. The molecule has 134 valence electrons. The summed E-state index contributed by atoms with van der Waals surface area (Å²) in [5, 5.41) is 0. The van der Waals surface area contributed by atoms with Gasteiger partial charge in [0.2, 0.25) is 0 Å². The van der Waals surface area contributed by atoms with Gasteiger partial charge in [0.15, 0.2) is 0 Å². The van der Waals surface area contributed by atoms with Gasteiger partial charge in [0.25, 0.3) is 0 Å². The van der Waals surface area contributed by atoms with Crippen LogP contribution in [0, 0.1) is 12.7 Å². The van der Waals surface area contributed by atoms with Gasteiger partial charge >= 0.3 is 5.97 Å². The molecule has 1 saturated carbocycles. The molecule has 2 aliphatic rings. The quantitative estimate of drug-likeness (QED) is 0.778. The van der Waals surface area contributed by atoms with Crippen LogP contribution in [-0.2, 0) is 14.9 Å². The van der Waals surface area contributed by atoms with Crippen LogP contribution in [0.2, 0.25) is 0 Å². The van der Waals surface area contributed by atoms with Gasteiger partial charge in [0.05, 0.1) is 7.11 Å². The Balaban J connectivity index is 1.76. The zero-order valence-corrected chi connectivity index (χ0v) is 15.0. The van der Waals surface area contributed by atoms with E-state index >= 15 is 0 Å². The van der Waals surface area contributed by atoms with E-state index in [4.69, 9.17) is 4.74 Å². The molecule has 4 rings (SSSR count). The lowest BCUT2D eigenvalue weighted by molar-refractivity contribution is -0.145. The van der Waals surface area contributed by atoms with E-state index in [-0.39, 0.29) is 11.8 Å². The molecule has 1 aromatic carbocycles. The number of rotatable bonds is 4. The first kappa shape index (κ1) is 16.9. The fraction of sp³-hybridized carbons (Fsp3) is 0.381. The van der Waals surface area contributed by atoms with Gasteiger partial charge in [-0.25, -0.2) is 14.4 Å². The summed E-state index contributed by atoms with van der Waals surface area (Å²) < 4.78 is 19.2. The summed E-state index contributed by atoms with van der Waals surface area (Å²) in [6, 6.07) is 4.86. The van der Waals surface area contributed by atoms with Crippen LogP contribution in [0.25, 0.3) is 5.57 Å². The van der Waals surface area contributed by atoms with Gasteiger partial charge in [-0.05, 0) is 55.4 Å². The number of methoxy groups -OCH3 is 1. The van der Waals surface area contributed by atoms with E-state index in [1.165, 1.54) is 13.2 Å². The highest BCUT2D eigenvalue weighted by Crippen LogP contribution is 2.45. The Morgan fingerprint density at radius 1 is 1.27 bits per heavy atom. The summed E-state index contributed by atoms with van der Waals surface area (Å²) in [6.07, 6.45) is 9.13. The fourth-order valence-corrected chi connectivity index (χ4v) is 3.81. The van der Waals surface area contributed by atoms with Crippen LogP contribution >= 0.6 is 0 Å². The zero-order chi connectivity index (χ0) is 18.3. The lowest BCUT2D eigenvalue weighted by Gasteiger charge is -2.26. The monoisotopic (exact) mass is 352 g/mol. The second kappa shape index (κ2) is 6.31. The van der Waals surface area contributed by atoms with Crippen molar-refractivity contribution in [3.05, 3.63) is 65.0 Å². The highest BCUT2D eigenvalue weighted by molar-refractivity contribution is 5.91. The molecule has 1 atom stereocenters. The number of hydrogen-bond acceptors (Lipinski definition) is 4. The summed E-state index contributed by atoms with van der Waals surface area (Å²) in [6.45, 7) is 1.70. The minimum Gasteiger partial charge on any atom is -0.468 e. The smallest absolute Gasteiger partial charge is 0.320 e. The summed E-state index contributed by atoms with van der Waals surface area (Å²) in [4.78, 5) is 21.7. The normalized spacial score (nSPS) is 22.2. The molecule has 0 bridgehead atoms. The maximum Gasteiger partial charge on any atom is 0.320 e. The van der Waals surface area contributed by atoms with Crippen molar-refractivity contribution in [3.8, 4) is 0 Å². The number of nitrogens with zero attached hydrogens (tertiary/aromatic N) is 2. The molecule has 2 aromatic rings. The zero-order valence-electron chi connectivity index (χ0n) is 15.0. The van der Waals surface area contributed by atoms with Gasteiger partial charge < -0.3 is 4.74 Å². The number of allylic oxidation sites excluding steroid dienone is 1. The maximum absolute atomic E-state index is 14.1. The number of esters is 1. The van der Waals surface area contributed by atoms with Crippen molar-refractivity contribution in [2.75, 3.05) is 7.11 Å². The molecule has 1 aromatic heterocycles. The van der Waals surface area contributed by atoms with Crippen LogP contribution in [0.3, 0.4) is 0 Å². The lowest BCUT2D eigenvalue weighted by atomic mass is 9.77. The fourth-order valence-electron chi connectivity index (χ4n) is 3.81. The Labute approximate surface area is 152 Å². The standard InChI is InChI=1S/C21H21FN2O2/c1-13-17(4-3-5-18(13)22)21(20(25)26-2)9-8-15(10-21)16-11-23-19(24-12-16)14-6-7-14/h3-5,10-12,14H,6-9H2,1-2H3/t21-/m0/s1. The molecule has 0 N–H and O–H groups in total. The molecule has 0 radical (unpaired) electrons. The van der Waals surface area contributed by atoms with Crippen LogP contribution in [-0.4, -0.2) is 23.0 Å². The predicted molar refractivity (Wildman–Crippen MR) is 96.0 cm³/mol. The number of carbonyl (C=O) groups is 1. The van der Waals surface area contributed by atoms with Crippen molar-refractivity contribution in [3.63, 3.8) is 0 Å². The molecule has 0 spiro atoms. The van der Waals surface area contributed by atoms with Crippen molar-refractivity contribution >= 4 is 11.5 Å². The highest BCUT2D eigenvalue weighted by Gasteiger charge is 2.44. The molecule has 26 heavy (non-hydrogen) atoms. The molecule has 0 unspecified atom stereocenters. The molecule has 5 heteroatoms. The molecule has 4 nitrogen and oxygen atoms in total. The van der Waals surface area contributed by atoms with Gasteiger partial charge in [-0.3, -0.25) is 4.79 Å². The first-order valence-electron chi connectivity index (χ1n) is 8.93. The van der Waals surface area contributed by atoms with Gasteiger partial charge in [0.1, 0.15) is 17.1 Å². The van der Waals surface area contributed by atoms with Gasteiger partial charge in [0, 0.05) is 23.9 Å². The van der Waals surface area contributed by atoms with Crippen molar-refractivity contribution < 1.29 is 13.9 Å². The van der Waals surface area contributed by atoms with Crippen molar-refractivity contribution in [1.29, 1.82) is 0 Å². The molecule has 0 saturated heterocycles. The summed E-state index contributed by atoms with van der Waals surface area (Å²) in [5.74, 6) is 0.722. The second-order valence-electron chi connectivity index (χ2n) is 7.15.